The Bertz CT molecular complexity index is 303. The molecule has 1 aromatic rings. The molecule has 1 fully saturated rings. The minimum absolute atomic E-state index is 0.0132. The fourth-order valence-corrected chi connectivity index (χ4v) is 2.34. The molecule has 1 N–H and O–H groups in total. The Morgan fingerprint density at radius 1 is 1.38 bits per heavy atom. The lowest BCUT2D eigenvalue weighted by atomic mass is 9.90. The number of nitrogens with zero attached hydrogens (tertiary/aromatic N) is 2. The van der Waals surface area contributed by atoms with Crippen molar-refractivity contribution in [2.24, 2.45) is 0 Å². The first-order valence-corrected chi connectivity index (χ1v) is 5.26. The van der Waals surface area contributed by atoms with Crippen LogP contribution in [0.4, 0.5) is 0 Å². The Hall–Kier alpha value is -0.480. The van der Waals surface area contributed by atoms with Crippen LogP contribution in [0.25, 0.3) is 0 Å². The van der Waals surface area contributed by atoms with Crippen LogP contribution in [0.3, 0.4) is 0 Å². The molecule has 0 aromatic carbocycles. The Morgan fingerprint density at radius 2 is 2.00 bits per heavy atom. The van der Waals surface area contributed by atoms with Gasteiger partial charge < -0.3 is 5.11 Å². The highest BCUT2D eigenvalue weighted by Gasteiger charge is 2.47. The van der Waals surface area contributed by atoms with Crippen LogP contribution in [0.5, 0.6) is 0 Å². The summed E-state index contributed by atoms with van der Waals surface area (Å²) in [6.07, 6.45) is 1.72. The minimum Gasteiger partial charge on any atom is -0.384 e. The van der Waals surface area contributed by atoms with E-state index in [0.29, 0.717) is 0 Å². The first kappa shape index (κ1) is 9.09. The zero-order valence-corrected chi connectivity index (χ0v) is 8.98. The predicted molar refractivity (Wildman–Crippen MR) is 51.7 cm³/mol. The lowest BCUT2D eigenvalue weighted by Crippen LogP contribution is -2.17. The Kier molecular flexibility index (Phi) is 1.76. The van der Waals surface area contributed by atoms with Gasteiger partial charge in [-0.2, -0.15) is 0 Å². The summed E-state index contributed by atoms with van der Waals surface area (Å²) in [6, 6.07) is 0. The minimum atomic E-state index is -0.587. The van der Waals surface area contributed by atoms with Gasteiger partial charge in [-0.3, -0.25) is 0 Å². The van der Waals surface area contributed by atoms with Gasteiger partial charge in [-0.05, 0) is 24.4 Å². The first-order chi connectivity index (χ1) is 5.93. The van der Waals surface area contributed by atoms with Crippen LogP contribution in [0.1, 0.15) is 44.2 Å². The molecule has 0 unspecified atom stereocenters. The maximum absolute atomic E-state index is 9.96. The summed E-state index contributed by atoms with van der Waals surface area (Å²) in [6.45, 7) is 6.29. The average Bonchev–Trinajstić information content (AvgIpc) is 2.60. The summed E-state index contributed by atoms with van der Waals surface area (Å²) in [5.74, 6) is 0. The van der Waals surface area contributed by atoms with Crippen LogP contribution in [-0.4, -0.2) is 14.7 Å². The van der Waals surface area contributed by atoms with Gasteiger partial charge in [0.05, 0.1) is 10.6 Å². The van der Waals surface area contributed by atoms with Gasteiger partial charge in [0.2, 0.25) is 0 Å². The van der Waals surface area contributed by atoms with Gasteiger partial charge in [0.15, 0.2) is 0 Å². The van der Waals surface area contributed by atoms with Gasteiger partial charge in [-0.15, -0.1) is 5.10 Å². The van der Waals surface area contributed by atoms with E-state index in [0.717, 1.165) is 23.4 Å². The van der Waals surface area contributed by atoms with E-state index < -0.39 is 5.60 Å². The van der Waals surface area contributed by atoms with E-state index in [4.69, 9.17) is 0 Å². The van der Waals surface area contributed by atoms with Crippen molar-refractivity contribution < 1.29 is 5.11 Å². The van der Waals surface area contributed by atoms with Gasteiger partial charge in [-0.25, -0.2) is 0 Å². The third-order valence-corrected chi connectivity index (χ3v) is 3.26. The van der Waals surface area contributed by atoms with E-state index in [1.165, 1.54) is 11.5 Å². The zero-order valence-electron chi connectivity index (χ0n) is 8.16. The zero-order chi connectivity index (χ0) is 9.69. The molecule has 0 spiro atoms. The average molecular weight is 198 g/mol. The molecule has 1 aliphatic carbocycles. The fourth-order valence-electron chi connectivity index (χ4n) is 1.33. The van der Waals surface area contributed by atoms with Gasteiger partial charge in [0, 0.05) is 5.41 Å². The van der Waals surface area contributed by atoms with Crippen LogP contribution in [0, 0.1) is 0 Å². The van der Waals surface area contributed by atoms with E-state index in [1.54, 1.807) is 0 Å². The summed E-state index contributed by atoms with van der Waals surface area (Å²) in [5.41, 5.74) is 0.356. The van der Waals surface area contributed by atoms with Crippen LogP contribution >= 0.6 is 11.5 Å². The van der Waals surface area contributed by atoms with Crippen molar-refractivity contribution in [2.75, 3.05) is 0 Å². The van der Waals surface area contributed by atoms with E-state index in [-0.39, 0.29) is 5.41 Å². The molecular weight excluding hydrogens is 184 g/mol. The maximum atomic E-state index is 9.96. The van der Waals surface area contributed by atoms with Crippen molar-refractivity contribution >= 4 is 11.5 Å². The number of hydrogen-bond donors (Lipinski definition) is 1. The number of aliphatic hydroxyl groups is 1. The van der Waals surface area contributed by atoms with Crippen molar-refractivity contribution in [3.63, 3.8) is 0 Å². The molecule has 0 atom stereocenters. The van der Waals surface area contributed by atoms with Crippen molar-refractivity contribution in [2.45, 2.75) is 44.6 Å². The van der Waals surface area contributed by atoms with Gasteiger partial charge in [-0.1, -0.05) is 25.3 Å². The molecule has 13 heavy (non-hydrogen) atoms. The molecule has 3 nitrogen and oxygen atoms in total. The smallest absolute Gasteiger partial charge is 0.103 e. The van der Waals surface area contributed by atoms with Gasteiger partial charge >= 0.3 is 0 Å². The Morgan fingerprint density at radius 3 is 2.46 bits per heavy atom. The molecule has 0 saturated heterocycles. The fraction of sp³-hybridized carbons (Fsp3) is 0.778. The highest BCUT2D eigenvalue weighted by Crippen LogP contribution is 2.49. The van der Waals surface area contributed by atoms with Crippen LogP contribution in [-0.2, 0) is 11.0 Å². The third-order valence-electron chi connectivity index (χ3n) is 2.34. The molecule has 0 aliphatic heterocycles. The molecule has 1 aliphatic rings. The highest BCUT2D eigenvalue weighted by molar-refractivity contribution is 7.05. The van der Waals surface area contributed by atoms with E-state index in [9.17, 15) is 5.11 Å². The van der Waals surface area contributed by atoms with Crippen molar-refractivity contribution in [1.29, 1.82) is 0 Å². The quantitative estimate of drug-likeness (QED) is 0.748. The lowest BCUT2D eigenvalue weighted by molar-refractivity contribution is 0.153. The number of hydrogen-bond acceptors (Lipinski definition) is 4. The van der Waals surface area contributed by atoms with E-state index in [1.807, 2.05) is 0 Å². The summed E-state index contributed by atoms with van der Waals surface area (Å²) in [5, 5.41) is 14.1. The Labute approximate surface area is 82.0 Å². The molecule has 1 heterocycles. The molecule has 2 rings (SSSR count). The van der Waals surface area contributed by atoms with Gasteiger partial charge in [0.1, 0.15) is 5.60 Å². The summed E-state index contributed by atoms with van der Waals surface area (Å²) in [4.78, 5) is 0.972. The third kappa shape index (κ3) is 1.48. The second-order valence-electron chi connectivity index (χ2n) is 4.73. The normalized spacial score (nSPS) is 20.3. The standard InChI is InChI=1S/C9H14N2OS/c1-8(2,3)6-7(13-11-10-6)9(12)4-5-9/h12H,4-5H2,1-3H3. The summed E-state index contributed by atoms with van der Waals surface area (Å²) in [7, 11) is 0. The molecule has 0 bridgehead atoms. The SMILES string of the molecule is CC(C)(C)c1nnsc1C1(O)CC1. The molecule has 1 aromatic heterocycles. The molecule has 0 amide bonds. The van der Waals surface area contributed by atoms with E-state index >= 15 is 0 Å². The molecule has 72 valence electrons. The van der Waals surface area contributed by atoms with Crippen molar-refractivity contribution in [1.82, 2.24) is 9.59 Å². The first-order valence-electron chi connectivity index (χ1n) is 4.49. The Balaban J connectivity index is 2.42. The molecule has 0 radical (unpaired) electrons. The molecular formula is C9H14N2OS. The lowest BCUT2D eigenvalue weighted by Gasteiger charge is -2.18. The van der Waals surface area contributed by atoms with Gasteiger partial charge in [0.25, 0.3) is 0 Å². The van der Waals surface area contributed by atoms with Crippen LogP contribution < -0.4 is 0 Å². The predicted octanol–water partition coefficient (Wildman–Crippen LogP) is 1.82. The topological polar surface area (TPSA) is 46.0 Å². The monoisotopic (exact) mass is 198 g/mol. The summed E-state index contributed by atoms with van der Waals surface area (Å²) < 4.78 is 3.93. The van der Waals surface area contributed by atoms with Crippen molar-refractivity contribution in [3.05, 3.63) is 10.6 Å². The summed E-state index contributed by atoms with van der Waals surface area (Å²) >= 11 is 1.33. The second kappa shape index (κ2) is 2.51. The van der Waals surface area contributed by atoms with Crippen LogP contribution in [0.15, 0.2) is 0 Å². The largest absolute Gasteiger partial charge is 0.384 e. The highest BCUT2D eigenvalue weighted by atomic mass is 32.1. The number of aromatic nitrogens is 2. The molecule has 1 saturated carbocycles. The maximum Gasteiger partial charge on any atom is 0.103 e. The van der Waals surface area contributed by atoms with E-state index in [2.05, 4.69) is 30.4 Å². The second-order valence-corrected chi connectivity index (χ2v) is 5.49. The number of rotatable bonds is 1. The van der Waals surface area contributed by atoms with Crippen molar-refractivity contribution in [3.8, 4) is 0 Å². The van der Waals surface area contributed by atoms with Crippen LogP contribution in [0.2, 0.25) is 0 Å². The molecule has 4 heteroatoms.